The SMILES string of the molecule is CC(=O)N1CCC(C)(c2cc[c]cc2Cl)CC1. The molecule has 2 nitrogen and oxygen atoms in total. The van der Waals surface area contributed by atoms with E-state index in [2.05, 4.69) is 13.0 Å². The van der Waals surface area contributed by atoms with Gasteiger partial charge in [-0.1, -0.05) is 30.7 Å². The second-order valence-electron chi connectivity index (χ2n) is 4.97. The van der Waals surface area contributed by atoms with Crippen LogP contribution in [0, 0.1) is 6.07 Å². The van der Waals surface area contributed by atoms with E-state index in [4.69, 9.17) is 11.6 Å². The lowest BCUT2D eigenvalue weighted by molar-refractivity contribution is -0.130. The Hall–Kier alpha value is -1.02. The fraction of sp³-hybridized carbons (Fsp3) is 0.500. The number of benzene rings is 1. The largest absolute Gasteiger partial charge is 0.343 e. The van der Waals surface area contributed by atoms with Gasteiger partial charge in [0.2, 0.25) is 5.91 Å². The van der Waals surface area contributed by atoms with Crippen molar-refractivity contribution < 1.29 is 4.79 Å². The molecule has 17 heavy (non-hydrogen) atoms. The summed E-state index contributed by atoms with van der Waals surface area (Å²) >= 11 is 6.23. The molecule has 0 spiro atoms. The van der Waals surface area contributed by atoms with Gasteiger partial charge >= 0.3 is 0 Å². The fourth-order valence-corrected chi connectivity index (χ4v) is 2.84. The summed E-state index contributed by atoms with van der Waals surface area (Å²) in [7, 11) is 0. The van der Waals surface area contributed by atoms with E-state index < -0.39 is 0 Å². The van der Waals surface area contributed by atoms with Crippen LogP contribution >= 0.6 is 11.6 Å². The Morgan fingerprint density at radius 2 is 2.12 bits per heavy atom. The summed E-state index contributed by atoms with van der Waals surface area (Å²) in [5.74, 6) is 0.166. The number of hydrogen-bond donors (Lipinski definition) is 0. The molecular weight excluding hydrogens is 234 g/mol. The number of halogens is 1. The number of likely N-dealkylation sites (tertiary alicyclic amines) is 1. The van der Waals surface area contributed by atoms with E-state index in [0.717, 1.165) is 31.0 Å². The highest BCUT2D eigenvalue weighted by Gasteiger charge is 2.33. The lowest BCUT2D eigenvalue weighted by Crippen LogP contribution is -2.43. The zero-order chi connectivity index (χ0) is 12.5. The smallest absolute Gasteiger partial charge is 0.219 e. The molecule has 1 aliphatic heterocycles. The molecule has 1 aromatic rings. The predicted molar refractivity (Wildman–Crippen MR) is 69.1 cm³/mol. The van der Waals surface area contributed by atoms with Gasteiger partial charge in [0.15, 0.2) is 0 Å². The molecule has 1 aromatic carbocycles. The van der Waals surface area contributed by atoms with Gasteiger partial charge in [-0.3, -0.25) is 4.79 Å². The van der Waals surface area contributed by atoms with Crippen LogP contribution in [-0.2, 0) is 10.2 Å². The molecule has 0 aromatic heterocycles. The highest BCUT2D eigenvalue weighted by molar-refractivity contribution is 6.31. The summed E-state index contributed by atoms with van der Waals surface area (Å²) in [6, 6.07) is 8.76. The monoisotopic (exact) mass is 250 g/mol. The van der Waals surface area contributed by atoms with Crippen molar-refractivity contribution in [1.82, 2.24) is 4.90 Å². The summed E-state index contributed by atoms with van der Waals surface area (Å²) in [5.41, 5.74) is 1.26. The third kappa shape index (κ3) is 2.47. The first-order chi connectivity index (χ1) is 8.03. The summed E-state index contributed by atoms with van der Waals surface area (Å²) in [5, 5.41) is 0.784. The molecule has 3 heteroatoms. The number of hydrogen-bond acceptors (Lipinski definition) is 1. The van der Waals surface area contributed by atoms with Gasteiger partial charge in [0, 0.05) is 25.0 Å². The van der Waals surface area contributed by atoms with Gasteiger partial charge in [0.05, 0.1) is 0 Å². The Bertz CT molecular complexity index is 422. The van der Waals surface area contributed by atoms with Crippen LogP contribution in [0.25, 0.3) is 0 Å². The lowest BCUT2D eigenvalue weighted by atomic mass is 9.74. The third-order valence-electron chi connectivity index (χ3n) is 3.78. The highest BCUT2D eigenvalue weighted by Crippen LogP contribution is 2.38. The molecule has 2 rings (SSSR count). The Morgan fingerprint density at radius 3 is 2.65 bits per heavy atom. The number of amides is 1. The van der Waals surface area contributed by atoms with Crippen LogP contribution in [0.15, 0.2) is 18.2 Å². The molecule has 0 aliphatic carbocycles. The Kier molecular flexibility index (Phi) is 3.43. The van der Waals surface area contributed by atoms with E-state index in [1.54, 1.807) is 6.92 Å². The molecule has 1 fully saturated rings. The molecule has 0 saturated carbocycles. The average Bonchev–Trinajstić information content (AvgIpc) is 2.30. The van der Waals surface area contributed by atoms with Crippen LogP contribution in [0.2, 0.25) is 5.02 Å². The van der Waals surface area contributed by atoms with Crippen LogP contribution in [0.1, 0.15) is 32.3 Å². The molecule has 1 heterocycles. The molecule has 1 amide bonds. The van der Waals surface area contributed by atoms with Crippen molar-refractivity contribution in [2.75, 3.05) is 13.1 Å². The first-order valence-electron chi connectivity index (χ1n) is 5.94. The maximum atomic E-state index is 11.3. The average molecular weight is 251 g/mol. The summed E-state index contributed by atoms with van der Waals surface area (Å²) in [6.07, 6.45) is 1.94. The Labute approximate surface area is 108 Å². The minimum Gasteiger partial charge on any atom is -0.343 e. The standard InChI is InChI=1S/C14H17ClNO/c1-11(17)16-9-7-14(2,8-10-16)12-5-3-4-6-13(12)15/h3,5-6H,7-10H2,1-2H3. The molecule has 1 radical (unpaired) electrons. The first kappa shape index (κ1) is 12.4. The van der Waals surface area contributed by atoms with Crippen molar-refractivity contribution in [3.05, 3.63) is 34.9 Å². The summed E-state index contributed by atoms with van der Waals surface area (Å²) < 4.78 is 0. The summed E-state index contributed by atoms with van der Waals surface area (Å²) in [4.78, 5) is 13.2. The van der Waals surface area contributed by atoms with Crippen LogP contribution in [0.5, 0.6) is 0 Å². The Balaban J connectivity index is 2.18. The lowest BCUT2D eigenvalue weighted by Gasteiger charge is -2.39. The normalized spacial score (nSPS) is 19.1. The first-order valence-corrected chi connectivity index (χ1v) is 6.32. The molecule has 0 unspecified atom stereocenters. The van der Waals surface area contributed by atoms with Crippen LogP contribution in [0.3, 0.4) is 0 Å². The molecule has 0 atom stereocenters. The number of piperidine rings is 1. The maximum Gasteiger partial charge on any atom is 0.219 e. The van der Waals surface area contributed by atoms with Gasteiger partial charge in [-0.2, -0.15) is 0 Å². The van der Waals surface area contributed by atoms with Gasteiger partial charge < -0.3 is 4.90 Å². The number of carbonyl (C=O) groups excluding carboxylic acids is 1. The van der Waals surface area contributed by atoms with Gasteiger partial charge in [0.1, 0.15) is 0 Å². The van der Waals surface area contributed by atoms with Crippen molar-refractivity contribution in [3.8, 4) is 0 Å². The zero-order valence-electron chi connectivity index (χ0n) is 10.3. The minimum atomic E-state index is 0.0815. The zero-order valence-corrected chi connectivity index (χ0v) is 11.0. The van der Waals surface area contributed by atoms with Gasteiger partial charge in [0.25, 0.3) is 0 Å². The molecule has 0 bridgehead atoms. The fourth-order valence-electron chi connectivity index (χ4n) is 2.48. The molecule has 1 saturated heterocycles. The van der Waals surface area contributed by atoms with Crippen molar-refractivity contribution >= 4 is 17.5 Å². The van der Waals surface area contributed by atoms with Crippen molar-refractivity contribution in [2.45, 2.75) is 32.1 Å². The second-order valence-corrected chi connectivity index (χ2v) is 5.38. The van der Waals surface area contributed by atoms with Crippen molar-refractivity contribution in [3.63, 3.8) is 0 Å². The van der Waals surface area contributed by atoms with E-state index in [9.17, 15) is 4.79 Å². The van der Waals surface area contributed by atoms with Gasteiger partial charge in [-0.15, -0.1) is 0 Å². The predicted octanol–water partition coefficient (Wildman–Crippen LogP) is 3.04. The highest BCUT2D eigenvalue weighted by atomic mass is 35.5. The van der Waals surface area contributed by atoms with Crippen LogP contribution in [-0.4, -0.2) is 23.9 Å². The second kappa shape index (κ2) is 4.69. The topological polar surface area (TPSA) is 20.3 Å². The Morgan fingerprint density at radius 1 is 1.47 bits per heavy atom. The molecule has 0 N–H and O–H groups in total. The van der Waals surface area contributed by atoms with E-state index in [1.807, 2.05) is 23.1 Å². The third-order valence-corrected chi connectivity index (χ3v) is 4.09. The van der Waals surface area contributed by atoms with Gasteiger partial charge in [-0.05, 0) is 36.0 Å². The summed E-state index contributed by atoms with van der Waals surface area (Å²) in [6.45, 7) is 5.50. The molecule has 1 aliphatic rings. The molecular formula is C14H17ClNO. The number of rotatable bonds is 1. The van der Waals surface area contributed by atoms with Gasteiger partial charge in [-0.25, -0.2) is 0 Å². The van der Waals surface area contributed by atoms with Crippen LogP contribution < -0.4 is 0 Å². The van der Waals surface area contributed by atoms with Crippen molar-refractivity contribution in [1.29, 1.82) is 0 Å². The van der Waals surface area contributed by atoms with E-state index >= 15 is 0 Å². The number of nitrogens with zero attached hydrogens (tertiary/aromatic N) is 1. The van der Waals surface area contributed by atoms with E-state index in [1.165, 1.54) is 5.56 Å². The van der Waals surface area contributed by atoms with Crippen molar-refractivity contribution in [2.24, 2.45) is 0 Å². The minimum absolute atomic E-state index is 0.0815. The maximum absolute atomic E-state index is 11.3. The quantitative estimate of drug-likeness (QED) is 0.750. The molecule has 91 valence electrons. The van der Waals surface area contributed by atoms with E-state index in [0.29, 0.717) is 0 Å². The van der Waals surface area contributed by atoms with E-state index in [-0.39, 0.29) is 11.3 Å². The van der Waals surface area contributed by atoms with Crippen LogP contribution in [0.4, 0.5) is 0 Å². The number of carbonyl (C=O) groups is 1.